The van der Waals surface area contributed by atoms with Crippen molar-refractivity contribution in [3.8, 4) is 5.69 Å². The normalized spacial score (nSPS) is 14.1. The van der Waals surface area contributed by atoms with Crippen LogP contribution in [0.15, 0.2) is 51.9 Å². The molecule has 0 unspecified atom stereocenters. The van der Waals surface area contributed by atoms with E-state index in [1.165, 1.54) is 42.5 Å². The number of aromatic amines is 1. The molecule has 0 fully saturated rings. The second kappa shape index (κ2) is 13.6. The first-order valence-corrected chi connectivity index (χ1v) is 14.5. The highest BCUT2D eigenvalue weighted by molar-refractivity contribution is 6.54. The number of hydrogen-bond donors (Lipinski definition) is 1. The third-order valence-electron chi connectivity index (χ3n) is 5.68. The monoisotopic (exact) mass is 704 g/mol. The molecule has 16 heteroatoms. The number of amides is 1. The second-order valence-corrected chi connectivity index (χ2v) is 10.9. The number of allylic oxidation sites excluding steroid dienone is 2. The number of carbonyl (C=O) groups excluding carboxylic acids is 3. The van der Waals surface area contributed by atoms with Crippen LogP contribution in [0.25, 0.3) is 11.8 Å². The van der Waals surface area contributed by atoms with Gasteiger partial charge in [-0.2, -0.15) is 10.1 Å². The Kier molecular flexibility index (Phi) is 10.3. The van der Waals surface area contributed by atoms with Gasteiger partial charge in [0.1, 0.15) is 11.4 Å². The third kappa shape index (κ3) is 6.64. The van der Waals surface area contributed by atoms with E-state index in [2.05, 4.69) is 10.2 Å². The van der Waals surface area contributed by atoms with Crippen LogP contribution in [0.2, 0.25) is 30.1 Å². The number of benzene rings is 2. The summed E-state index contributed by atoms with van der Waals surface area (Å²) in [5.41, 5.74) is -1.68. The van der Waals surface area contributed by atoms with Crippen LogP contribution in [0, 0.1) is 0 Å². The topological polar surface area (TPSA) is 123 Å². The van der Waals surface area contributed by atoms with Crippen molar-refractivity contribution >= 4 is 105 Å². The highest BCUT2D eigenvalue weighted by atomic mass is 35.5. The van der Waals surface area contributed by atoms with E-state index < -0.39 is 23.4 Å². The van der Waals surface area contributed by atoms with Crippen LogP contribution < -0.4 is 10.6 Å². The fourth-order valence-electron chi connectivity index (χ4n) is 3.91. The summed E-state index contributed by atoms with van der Waals surface area (Å²) in [6.45, 7) is 3.18. The molecule has 0 spiro atoms. The Morgan fingerprint density at radius 1 is 0.837 bits per heavy atom. The Balaban J connectivity index is 1.82. The van der Waals surface area contributed by atoms with Crippen molar-refractivity contribution in [1.82, 2.24) is 9.78 Å². The van der Waals surface area contributed by atoms with Crippen molar-refractivity contribution in [3.63, 3.8) is 0 Å². The summed E-state index contributed by atoms with van der Waals surface area (Å²) in [4.78, 5) is 52.4. The Morgan fingerprint density at radius 2 is 1.35 bits per heavy atom. The van der Waals surface area contributed by atoms with Crippen molar-refractivity contribution in [3.05, 3.63) is 93.7 Å². The van der Waals surface area contributed by atoms with Gasteiger partial charge < -0.3 is 9.47 Å². The van der Waals surface area contributed by atoms with Crippen LogP contribution in [0.5, 0.6) is 0 Å². The van der Waals surface area contributed by atoms with Crippen molar-refractivity contribution in [2.75, 3.05) is 18.2 Å². The zero-order chi connectivity index (χ0) is 31.6. The van der Waals surface area contributed by atoms with Crippen LogP contribution in [0.3, 0.4) is 0 Å². The molecule has 1 N–H and O–H groups in total. The van der Waals surface area contributed by atoms with Gasteiger partial charge in [0.05, 0.1) is 44.4 Å². The summed E-state index contributed by atoms with van der Waals surface area (Å²) in [6.07, 6.45) is 3.70. The number of ether oxygens (including phenoxy) is 2. The first-order chi connectivity index (χ1) is 20.4. The van der Waals surface area contributed by atoms with Crippen LogP contribution in [0.1, 0.15) is 29.9 Å². The smallest absolute Gasteiger partial charge is 0.359 e. The van der Waals surface area contributed by atoms with Gasteiger partial charge in [-0.25, -0.2) is 14.3 Å². The molecule has 0 radical (unpaired) electrons. The molecule has 2 aromatic carbocycles. The van der Waals surface area contributed by atoms with Crippen LogP contribution >= 0.6 is 69.6 Å². The standard InChI is InChI=1S/C27H18Cl6N4O6/c1-3-42-26(40)20-14(24(38)36(34-20)22-16(30)8-12(28)9-17(22)31)6-5-7-15-21(27(41)43-4-2)35-37(25(15)39)23-18(32)10-13(29)11-19(23)33/h5-11,34H,3-4H2,1-2H3. The van der Waals surface area contributed by atoms with E-state index in [1.54, 1.807) is 13.8 Å². The second-order valence-electron chi connectivity index (χ2n) is 8.42. The molecule has 0 saturated carbocycles. The lowest BCUT2D eigenvalue weighted by molar-refractivity contribution is -0.135. The number of hydrazone groups is 1. The predicted octanol–water partition coefficient (Wildman–Crippen LogP) is 7.17. The molecule has 1 aromatic heterocycles. The molecule has 1 amide bonds. The van der Waals surface area contributed by atoms with E-state index in [9.17, 15) is 19.2 Å². The lowest BCUT2D eigenvalue weighted by Crippen LogP contribution is -2.23. The zero-order valence-electron chi connectivity index (χ0n) is 22.0. The van der Waals surface area contributed by atoms with Gasteiger partial charge in [-0.1, -0.05) is 75.7 Å². The van der Waals surface area contributed by atoms with Crippen LogP contribution in [-0.2, 0) is 19.1 Å². The molecule has 3 aromatic rings. The Bertz CT molecular complexity index is 1760. The van der Waals surface area contributed by atoms with Crippen molar-refractivity contribution in [1.29, 1.82) is 0 Å². The number of halogens is 6. The van der Waals surface area contributed by atoms with E-state index in [1.807, 2.05) is 0 Å². The molecule has 0 aliphatic carbocycles. The minimum absolute atomic E-state index is 0.000764. The van der Waals surface area contributed by atoms with Gasteiger partial charge in [0.25, 0.3) is 11.5 Å². The molecule has 1 aliphatic rings. The fourth-order valence-corrected chi connectivity index (χ4v) is 5.88. The Labute approximate surface area is 273 Å². The number of esters is 2. The van der Waals surface area contributed by atoms with Gasteiger partial charge in [0.15, 0.2) is 11.4 Å². The van der Waals surface area contributed by atoms with Crippen LogP contribution in [0.4, 0.5) is 5.69 Å². The van der Waals surface area contributed by atoms with Gasteiger partial charge in [0, 0.05) is 10.0 Å². The number of nitrogens with one attached hydrogen (secondary N) is 1. The molecule has 0 saturated heterocycles. The maximum atomic E-state index is 13.5. The summed E-state index contributed by atoms with van der Waals surface area (Å²) in [5, 5.41) is 8.10. The van der Waals surface area contributed by atoms with E-state index >= 15 is 0 Å². The minimum atomic E-state index is -0.901. The molecule has 43 heavy (non-hydrogen) atoms. The maximum absolute atomic E-state index is 13.5. The molecular formula is C27H18Cl6N4O6. The minimum Gasteiger partial charge on any atom is -0.461 e. The molecular weight excluding hydrogens is 689 g/mol. The number of H-pyrrole nitrogens is 1. The van der Waals surface area contributed by atoms with E-state index in [4.69, 9.17) is 79.1 Å². The number of rotatable bonds is 8. The maximum Gasteiger partial charge on any atom is 0.359 e. The van der Waals surface area contributed by atoms with Crippen molar-refractivity contribution in [2.24, 2.45) is 5.10 Å². The molecule has 0 atom stereocenters. The molecule has 4 rings (SSSR count). The number of aromatic nitrogens is 2. The first kappa shape index (κ1) is 32.7. The number of anilines is 1. The molecule has 0 bridgehead atoms. The average molecular weight is 707 g/mol. The van der Waals surface area contributed by atoms with Gasteiger partial charge >= 0.3 is 11.9 Å². The average Bonchev–Trinajstić information content (AvgIpc) is 3.40. The summed E-state index contributed by atoms with van der Waals surface area (Å²) < 4.78 is 11.1. The first-order valence-electron chi connectivity index (χ1n) is 12.2. The summed E-state index contributed by atoms with van der Waals surface area (Å²) in [5.74, 6) is -2.53. The largest absolute Gasteiger partial charge is 0.461 e. The van der Waals surface area contributed by atoms with Crippen molar-refractivity contribution in [2.45, 2.75) is 13.8 Å². The predicted molar refractivity (Wildman–Crippen MR) is 168 cm³/mol. The Hall–Kier alpha value is -3.25. The van der Waals surface area contributed by atoms with E-state index in [-0.39, 0.29) is 77.3 Å². The molecule has 10 nitrogen and oxygen atoms in total. The Morgan fingerprint density at radius 3 is 1.88 bits per heavy atom. The van der Waals surface area contributed by atoms with Crippen molar-refractivity contribution < 1.29 is 23.9 Å². The number of carbonyl (C=O) groups is 3. The molecule has 2 heterocycles. The number of hydrogen-bond acceptors (Lipinski definition) is 7. The molecule has 224 valence electrons. The lowest BCUT2D eigenvalue weighted by atomic mass is 10.1. The van der Waals surface area contributed by atoms with E-state index in [0.29, 0.717) is 0 Å². The highest BCUT2D eigenvalue weighted by Crippen LogP contribution is 2.39. The summed E-state index contributed by atoms with van der Waals surface area (Å²) in [6, 6.07) is 5.45. The zero-order valence-corrected chi connectivity index (χ0v) is 26.6. The lowest BCUT2D eigenvalue weighted by Gasteiger charge is -2.15. The quantitative estimate of drug-likeness (QED) is 0.196. The van der Waals surface area contributed by atoms with Gasteiger partial charge in [-0.05, 0) is 50.3 Å². The SMILES string of the molecule is CCOC(=O)C1=NN(c2c(Cl)cc(Cl)cc2Cl)C(=O)C1=CC=Cc1c(C(=O)OCC)[nH]n(-c2c(Cl)cc(Cl)cc2Cl)c1=O. The summed E-state index contributed by atoms with van der Waals surface area (Å²) >= 11 is 37.1. The van der Waals surface area contributed by atoms with Gasteiger partial charge in [-0.3, -0.25) is 14.7 Å². The highest BCUT2D eigenvalue weighted by Gasteiger charge is 2.37. The summed E-state index contributed by atoms with van der Waals surface area (Å²) in [7, 11) is 0. The van der Waals surface area contributed by atoms with Crippen LogP contribution in [-0.4, -0.2) is 46.6 Å². The fraction of sp³-hybridized carbons (Fsp3) is 0.148. The van der Waals surface area contributed by atoms with Gasteiger partial charge in [0.2, 0.25) is 0 Å². The molecule has 1 aliphatic heterocycles. The van der Waals surface area contributed by atoms with E-state index in [0.717, 1.165) is 9.69 Å². The number of nitrogens with zero attached hydrogens (tertiary/aromatic N) is 3. The van der Waals surface area contributed by atoms with Gasteiger partial charge in [-0.15, -0.1) is 0 Å². The third-order valence-corrected chi connectivity index (χ3v) is 7.27.